The molecule has 0 spiro atoms. The molecule has 5 aromatic carbocycles. The molecule has 65 heavy (non-hydrogen) atoms. The number of anilines is 1. The fourth-order valence-corrected chi connectivity index (χ4v) is 11.2. The summed E-state index contributed by atoms with van der Waals surface area (Å²) < 4.78 is 47.5. The molecule has 9 heteroatoms. The van der Waals surface area contributed by atoms with E-state index in [1.807, 2.05) is 77.7 Å². The third kappa shape index (κ3) is 10.2. The first kappa shape index (κ1) is 46.8. The smallest absolute Gasteiger partial charge is 0.243 e. The van der Waals surface area contributed by atoms with E-state index < -0.39 is 6.29 Å². The zero-order chi connectivity index (χ0) is 45.8. The van der Waals surface area contributed by atoms with Gasteiger partial charge in [-0.1, -0.05) is 140 Å². The summed E-state index contributed by atoms with van der Waals surface area (Å²) >= 11 is 1.65. The highest BCUT2D eigenvalue weighted by Gasteiger charge is 2.51. The van der Waals surface area contributed by atoms with Gasteiger partial charge in [0.05, 0.1) is 24.4 Å². The maximum Gasteiger partial charge on any atom is 0.243 e. The molecule has 0 N–H and O–H groups in total. The number of hydrogen-bond acceptors (Lipinski definition) is 7. The highest BCUT2D eigenvalue weighted by atomic mass is 32.2. The molecule has 3 fully saturated rings. The summed E-state index contributed by atoms with van der Waals surface area (Å²) in [6.07, 6.45) is 0.981. The first-order chi connectivity index (χ1) is 31.4. The number of para-hydroxylation sites is 1. The Bertz CT molecular complexity index is 2330. The van der Waals surface area contributed by atoms with E-state index in [0.29, 0.717) is 29.9 Å². The number of halogens is 1. The van der Waals surface area contributed by atoms with Crippen molar-refractivity contribution in [2.75, 3.05) is 10.7 Å². The summed E-state index contributed by atoms with van der Waals surface area (Å²) in [5.74, 6) is 3.57. The molecule has 1 unspecified atom stereocenters. The standard InChI is InChI=1S/C56H66FNO6S/c1-9-48-36(5)35(4)38(7)56(62-48)64-52-37(6)39(8)55(63-49(52)10-2)61-46-23-17-20-42(30-46)43-26-29-47(50(31-43)60-32-40-18-13-11-14-19-40)51-53(54(59)58(51)45-21-15-12-16-22-45)65-33-34(3)41-24-27-44(57)28-25-41/h11-31,34-39,48-49,51-53,55-56H,9-10,32-33H2,1-8H3/t34-,35-,36-,37+,38+,39+,48+,49+,51+,52?,53+,55+,56-/m0/s1. The molecule has 0 aromatic heterocycles. The first-order valence-electron chi connectivity index (χ1n) is 23.7. The number of β-lactam (4-membered cyclic amide) rings is 1. The number of carbonyl (C=O) groups excluding carboxylic acids is 1. The van der Waals surface area contributed by atoms with Crippen LogP contribution in [0.5, 0.6) is 11.5 Å². The van der Waals surface area contributed by atoms with Gasteiger partial charge in [0.2, 0.25) is 12.2 Å². The number of hydrogen-bond donors (Lipinski definition) is 0. The Morgan fingerprint density at radius 2 is 1.35 bits per heavy atom. The van der Waals surface area contributed by atoms with Crippen LogP contribution in [0.1, 0.15) is 96.9 Å². The molecule has 7 nitrogen and oxygen atoms in total. The van der Waals surface area contributed by atoms with Gasteiger partial charge in [-0.15, -0.1) is 11.8 Å². The Labute approximate surface area is 390 Å². The molecular formula is C56H66FNO6S. The molecule has 0 aliphatic carbocycles. The lowest BCUT2D eigenvalue weighted by molar-refractivity contribution is -0.314. The van der Waals surface area contributed by atoms with Crippen molar-refractivity contribution in [1.82, 2.24) is 0 Å². The quantitative estimate of drug-likeness (QED) is 0.0914. The fourth-order valence-electron chi connectivity index (χ4n) is 9.84. The van der Waals surface area contributed by atoms with Gasteiger partial charge in [-0.25, -0.2) is 4.39 Å². The van der Waals surface area contributed by atoms with Crippen molar-refractivity contribution in [3.8, 4) is 22.6 Å². The Morgan fingerprint density at radius 3 is 2.06 bits per heavy atom. The minimum absolute atomic E-state index is 0.0585. The second kappa shape index (κ2) is 20.9. The van der Waals surface area contributed by atoms with Gasteiger partial charge < -0.3 is 28.6 Å². The highest BCUT2D eigenvalue weighted by Crippen LogP contribution is 2.49. The molecule has 3 aliphatic heterocycles. The van der Waals surface area contributed by atoms with Crippen LogP contribution in [0.2, 0.25) is 0 Å². The number of amides is 1. The summed E-state index contributed by atoms with van der Waals surface area (Å²) in [5, 5.41) is -0.337. The van der Waals surface area contributed by atoms with Gasteiger partial charge in [-0.3, -0.25) is 4.79 Å². The minimum atomic E-state index is -0.454. The molecule has 0 radical (unpaired) electrons. The molecule has 8 rings (SSSR count). The minimum Gasteiger partial charge on any atom is -0.489 e. The predicted octanol–water partition coefficient (Wildman–Crippen LogP) is 13.3. The van der Waals surface area contributed by atoms with Crippen molar-refractivity contribution < 1.29 is 32.9 Å². The lowest BCUT2D eigenvalue weighted by atomic mass is 9.78. The van der Waals surface area contributed by atoms with E-state index in [4.69, 9.17) is 23.7 Å². The molecular weight excluding hydrogens is 834 g/mol. The monoisotopic (exact) mass is 899 g/mol. The molecule has 3 aliphatic rings. The van der Waals surface area contributed by atoms with E-state index in [1.165, 1.54) is 12.1 Å². The first-order valence-corrected chi connectivity index (χ1v) is 24.8. The van der Waals surface area contributed by atoms with E-state index in [1.54, 1.807) is 11.8 Å². The van der Waals surface area contributed by atoms with Gasteiger partial charge in [0.1, 0.15) is 29.2 Å². The molecule has 1 amide bonds. The van der Waals surface area contributed by atoms with Crippen molar-refractivity contribution in [3.05, 3.63) is 150 Å². The molecule has 13 atom stereocenters. The van der Waals surface area contributed by atoms with Gasteiger partial charge in [0.15, 0.2) is 6.29 Å². The van der Waals surface area contributed by atoms with E-state index in [9.17, 15) is 9.18 Å². The Morgan fingerprint density at radius 1 is 0.692 bits per heavy atom. The number of thioether (sulfide) groups is 1. The number of benzene rings is 5. The number of ether oxygens (including phenoxy) is 5. The van der Waals surface area contributed by atoms with Crippen LogP contribution in [0.3, 0.4) is 0 Å². The van der Waals surface area contributed by atoms with E-state index in [0.717, 1.165) is 52.1 Å². The van der Waals surface area contributed by atoms with Crippen molar-refractivity contribution in [2.45, 2.75) is 123 Å². The maximum atomic E-state index is 14.1. The van der Waals surface area contributed by atoms with Crippen molar-refractivity contribution in [1.29, 1.82) is 0 Å². The third-order valence-corrected chi connectivity index (χ3v) is 16.1. The summed E-state index contributed by atoms with van der Waals surface area (Å²) in [6.45, 7) is 18.2. The van der Waals surface area contributed by atoms with E-state index >= 15 is 0 Å². The second-order valence-electron chi connectivity index (χ2n) is 18.7. The van der Waals surface area contributed by atoms with Crippen molar-refractivity contribution in [3.63, 3.8) is 0 Å². The predicted molar refractivity (Wildman–Crippen MR) is 260 cm³/mol. The van der Waals surface area contributed by atoms with Crippen LogP contribution in [-0.2, 0) is 25.6 Å². The topological polar surface area (TPSA) is 66.5 Å². The SMILES string of the molecule is CC[C@H]1O[C@@H](Oc2cccc(-c3ccc([C@@H]4[C@@H](SC[C@H](C)c5ccc(F)cc5)C(=O)N4c4ccccc4)c(OCc4ccccc4)c3)c2)[C@H](C)[C@@H](C)C1O[C@@H]1O[C@H](CC)[C@@H](C)[C@H](C)[C@H]1C. The molecule has 0 bridgehead atoms. The highest BCUT2D eigenvalue weighted by molar-refractivity contribution is 8.00. The number of nitrogens with zero attached hydrogens (tertiary/aromatic N) is 1. The van der Waals surface area contributed by atoms with E-state index in [-0.39, 0.29) is 71.3 Å². The number of rotatable bonds is 16. The Hall–Kier alpha value is -4.67. The summed E-state index contributed by atoms with van der Waals surface area (Å²) in [7, 11) is 0. The Balaban J connectivity index is 1.04. The van der Waals surface area contributed by atoms with E-state index in [2.05, 4.69) is 97.9 Å². The van der Waals surface area contributed by atoms with Crippen LogP contribution in [-0.4, -0.2) is 47.8 Å². The van der Waals surface area contributed by atoms with Gasteiger partial charge in [-0.05, 0) is 101 Å². The summed E-state index contributed by atoms with van der Waals surface area (Å²) in [4.78, 5) is 16.0. The molecule has 344 valence electrons. The second-order valence-corrected chi connectivity index (χ2v) is 19.8. The van der Waals surface area contributed by atoms with Gasteiger partial charge >= 0.3 is 0 Å². The molecule has 3 saturated heterocycles. The fraction of sp³-hybridized carbons (Fsp3) is 0.446. The van der Waals surface area contributed by atoms with Gasteiger partial charge in [0.25, 0.3) is 0 Å². The van der Waals surface area contributed by atoms with Crippen LogP contribution in [0.15, 0.2) is 127 Å². The number of carbonyl (C=O) groups is 1. The van der Waals surface area contributed by atoms with Crippen LogP contribution in [0.25, 0.3) is 11.1 Å². The van der Waals surface area contributed by atoms with Crippen molar-refractivity contribution >= 4 is 23.4 Å². The summed E-state index contributed by atoms with van der Waals surface area (Å²) in [5.41, 5.74) is 5.82. The van der Waals surface area contributed by atoms with Crippen LogP contribution < -0.4 is 14.4 Å². The van der Waals surface area contributed by atoms with Gasteiger partial charge in [-0.2, -0.15) is 0 Å². The maximum absolute atomic E-state index is 14.1. The zero-order valence-electron chi connectivity index (χ0n) is 39.1. The normalized spacial score (nSPS) is 29.5. The van der Waals surface area contributed by atoms with Crippen LogP contribution >= 0.6 is 11.8 Å². The zero-order valence-corrected chi connectivity index (χ0v) is 40.0. The molecule has 0 saturated carbocycles. The summed E-state index contributed by atoms with van der Waals surface area (Å²) in [6, 6.07) is 40.9. The largest absolute Gasteiger partial charge is 0.489 e. The van der Waals surface area contributed by atoms with Crippen LogP contribution in [0, 0.1) is 35.4 Å². The third-order valence-electron chi connectivity index (χ3n) is 14.6. The Kier molecular flexibility index (Phi) is 15.0. The van der Waals surface area contributed by atoms with Crippen LogP contribution in [0.4, 0.5) is 10.1 Å². The lowest BCUT2D eigenvalue weighted by Gasteiger charge is -2.49. The molecule has 3 heterocycles. The van der Waals surface area contributed by atoms with Gasteiger partial charge in [0, 0.05) is 28.8 Å². The average molecular weight is 900 g/mol. The molecule has 5 aromatic rings. The lowest BCUT2D eigenvalue weighted by Crippen LogP contribution is -2.57. The average Bonchev–Trinajstić information content (AvgIpc) is 3.33. The van der Waals surface area contributed by atoms with Crippen molar-refractivity contribution in [2.24, 2.45) is 29.6 Å².